The van der Waals surface area contributed by atoms with E-state index in [1.165, 1.54) is 0 Å². The number of ether oxygens (including phenoxy) is 2. The van der Waals surface area contributed by atoms with E-state index in [1.807, 2.05) is 29.2 Å². The first-order chi connectivity index (χ1) is 12.2. The van der Waals surface area contributed by atoms with Gasteiger partial charge in [0.15, 0.2) is 0 Å². The standard InChI is InChI=1S/C19H29N3O3/c1-24-17-4-2-3-16(13-17)21-15-5-9-22(10-6-15)19(23)18(20)14-7-11-25-12-8-14/h2-4,13-15,18,21H,5-12,20H2,1H3. The molecule has 1 amide bonds. The van der Waals surface area contributed by atoms with Gasteiger partial charge in [-0.1, -0.05) is 6.07 Å². The minimum atomic E-state index is -0.383. The fourth-order valence-corrected chi connectivity index (χ4v) is 3.68. The molecule has 6 nitrogen and oxygen atoms in total. The van der Waals surface area contributed by atoms with Gasteiger partial charge in [-0.05, 0) is 43.7 Å². The van der Waals surface area contributed by atoms with Crippen LogP contribution in [0, 0.1) is 5.92 Å². The highest BCUT2D eigenvalue weighted by Crippen LogP contribution is 2.23. The fraction of sp³-hybridized carbons (Fsp3) is 0.632. The van der Waals surface area contributed by atoms with E-state index in [4.69, 9.17) is 15.2 Å². The Balaban J connectivity index is 1.48. The van der Waals surface area contributed by atoms with Crippen LogP contribution in [0.2, 0.25) is 0 Å². The first-order valence-corrected chi connectivity index (χ1v) is 9.20. The summed E-state index contributed by atoms with van der Waals surface area (Å²) in [6.45, 7) is 2.96. The number of likely N-dealkylation sites (tertiary alicyclic amines) is 1. The SMILES string of the molecule is COc1cccc(NC2CCN(C(=O)C(N)C3CCOCC3)CC2)c1. The Kier molecular flexibility index (Phi) is 6.15. The topological polar surface area (TPSA) is 76.8 Å². The Morgan fingerprint density at radius 1 is 1.28 bits per heavy atom. The minimum Gasteiger partial charge on any atom is -0.497 e. The Bertz CT molecular complexity index is 567. The highest BCUT2D eigenvalue weighted by atomic mass is 16.5. The molecule has 25 heavy (non-hydrogen) atoms. The van der Waals surface area contributed by atoms with Crippen molar-refractivity contribution in [3.05, 3.63) is 24.3 Å². The second-order valence-electron chi connectivity index (χ2n) is 6.95. The summed E-state index contributed by atoms with van der Waals surface area (Å²) in [6.07, 6.45) is 3.65. The molecule has 0 bridgehead atoms. The molecule has 2 aliphatic heterocycles. The number of piperidine rings is 1. The summed E-state index contributed by atoms with van der Waals surface area (Å²) in [7, 11) is 1.67. The van der Waals surface area contributed by atoms with Crippen molar-refractivity contribution in [2.45, 2.75) is 37.8 Å². The average molecular weight is 347 g/mol. The van der Waals surface area contributed by atoms with Crippen molar-refractivity contribution < 1.29 is 14.3 Å². The van der Waals surface area contributed by atoms with Crippen LogP contribution in [0.25, 0.3) is 0 Å². The van der Waals surface area contributed by atoms with Crippen LogP contribution in [0.15, 0.2) is 24.3 Å². The van der Waals surface area contributed by atoms with Crippen molar-refractivity contribution >= 4 is 11.6 Å². The number of methoxy groups -OCH3 is 1. The van der Waals surface area contributed by atoms with Gasteiger partial charge < -0.3 is 25.4 Å². The van der Waals surface area contributed by atoms with Gasteiger partial charge in [0.1, 0.15) is 5.75 Å². The zero-order valence-corrected chi connectivity index (χ0v) is 14.9. The third-order valence-corrected chi connectivity index (χ3v) is 5.31. The van der Waals surface area contributed by atoms with Crippen LogP contribution < -0.4 is 15.8 Å². The Morgan fingerprint density at radius 2 is 2.00 bits per heavy atom. The number of nitrogens with zero attached hydrogens (tertiary/aromatic N) is 1. The van der Waals surface area contributed by atoms with Gasteiger partial charge in [-0.15, -0.1) is 0 Å². The molecule has 1 unspecified atom stereocenters. The lowest BCUT2D eigenvalue weighted by Gasteiger charge is -2.36. The maximum Gasteiger partial charge on any atom is 0.239 e. The molecule has 1 aromatic rings. The van der Waals surface area contributed by atoms with Crippen LogP contribution in [-0.2, 0) is 9.53 Å². The number of carbonyl (C=O) groups excluding carboxylic acids is 1. The summed E-state index contributed by atoms with van der Waals surface area (Å²) in [4.78, 5) is 14.6. The van der Waals surface area contributed by atoms with Crippen LogP contribution in [-0.4, -0.2) is 56.3 Å². The van der Waals surface area contributed by atoms with E-state index >= 15 is 0 Å². The van der Waals surface area contributed by atoms with Crippen LogP contribution >= 0.6 is 0 Å². The van der Waals surface area contributed by atoms with Crippen LogP contribution in [0.5, 0.6) is 5.75 Å². The number of nitrogens with two attached hydrogens (primary N) is 1. The van der Waals surface area contributed by atoms with Crippen molar-refractivity contribution in [1.29, 1.82) is 0 Å². The van der Waals surface area contributed by atoms with Gasteiger partial charge in [0, 0.05) is 44.1 Å². The molecule has 0 saturated carbocycles. The maximum absolute atomic E-state index is 12.7. The number of carbonyl (C=O) groups is 1. The number of hydrogen-bond donors (Lipinski definition) is 2. The van der Waals surface area contributed by atoms with Gasteiger partial charge in [-0.3, -0.25) is 4.79 Å². The predicted octanol–water partition coefficient (Wildman–Crippen LogP) is 1.85. The lowest BCUT2D eigenvalue weighted by Crippen LogP contribution is -2.52. The van der Waals surface area contributed by atoms with E-state index in [9.17, 15) is 4.79 Å². The van der Waals surface area contributed by atoms with Gasteiger partial charge in [0.2, 0.25) is 5.91 Å². The highest BCUT2D eigenvalue weighted by Gasteiger charge is 2.31. The van der Waals surface area contributed by atoms with E-state index in [1.54, 1.807) is 7.11 Å². The van der Waals surface area contributed by atoms with Crippen LogP contribution in [0.3, 0.4) is 0 Å². The van der Waals surface area contributed by atoms with Gasteiger partial charge in [0.25, 0.3) is 0 Å². The molecule has 3 N–H and O–H groups in total. The summed E-state index contributed by atoms with van der Waals surface area (Å²) in [5.74, 6) is 1.21. The quantitative estimate of drug-likeness (QED) is 0.850. The largest absolute Gasteiger partial charge is 0.497 e. The molecule has 1 atom stereocenters. The molecule has 138 valence electrons. The van der Waals surface area contributed by atoms with Gasteiger partial charge in [-0.25, -0.2) is 0 Å². The number of anilines is 1. The summed E-state index contributed by atoms with van der Waals surface area (Å²) < 4.78 is 10.6. The van der Waals surface area contributed by atoms with E-state index in [2.05, 4.69) is 5.32 Å². The molecule has 0 aliphatic carbocycles. The first-order valence-electron chi connectivity index (χ1n) is 9.20. The lowest BCUT2D eigenvalue weighted by atomic mass is 9.91. The molecular weight excluding hydrogens is 318 g/mol. The van der Waals surface area contributed by atoms with E-state index in [-0.39, 0.29) is 17.9 Å². The smallest absolute Gasteiger partial charge is 0.239 e. The van der Waals surface area contributed by atoms with Crippen molar-refractivity contribution in [1.82, 2.24) is 4.90 Å². The lowest BCUT2D eigenvalue weighted by molar-refractivity contribution is -0.135. The van der Waals surface area contributed by atoms with Gasteiger partial charge in [0.05, 0.1) is 13.2 Å². The minimum absolute atomic E-state index is 0.103. The first kappa shape index (κ1) is 18.0. The third-order valence-electron chi connectivity index (χ3n) is 5.31. The Morgan fingerprint density at radius 3 is 2.68 bits per heavy atom. The Labute approximate surface area is 149 Å². The van der Waals surface area contributed by atoms with E-state index < -0.39 is 0 Å². The summed E-state index contributed by atoms with van der Waals surface area (Å²) in [5, 5.41) is 3.54. The van der Waals surface area contributed by atoms with Gasteiger partial charge in [-0.2, -0.15) is 0 Å². The van der Waals surface area contributed by atoms with E-state index in [0.29, 0.717) is 6.04 Å². The average Bonchev–Trinajstić information content (AvgIpc) is 2.68. The zero-order chi connectivity index (χ0) is 17.6. The molecule has 6 heteroatoms. The second kappa shape index (κ2) is 8.54. The maximum atomic E-state index is 12.7. The van der Waals surface area contributed by atoms with Crippen molar-refractivity contribution in [3.63, 3.8) is 0 Å². The zero-order valence-electron chi connectivity index (χ0n) is 14.9. The molecule has 0 radical (unpaired) electrons. The van der Waals surface area contributed by atoms with Crippen LogP contribution in [0.1, 0.15) is 25.7 Å². The third kappa shape index (κ3) is 4.64. The molecule has 2 aliphatic rings. The molecule has 1 aromatic carbocycles. The molecule has 2 fully saturated rings. The molecule has 2 heterocycles. The summed E-state index contributed by atoms with van der Waals surface area (Å²) >= 11 is 0. The predicted molar refractivity (Wildman–Crippen MR) is 97.7 cm³/mol. The van der Waals surface area contributed by atoms with Crippen molar-refractivity contribution in [3.8, 4) is 5.75 Å². The summed E-state index contributed by atoms with van der Waals surface area (Å²) in [6, 6.07) is 7.94. The molecule has 0 spiro atoms. The number of hydrogen-bond acceptors (Lipinski definition) is 5. The molecule has 3 rings (SSSR count). The highest BCUT2D eigenvalue weighted by molar-refractivity contribution is 5.82. The number of nitrogens with one attached hydrogen (secondary N) is 1. The molecule has 0 aromatic heterocycles. The summed E-state index contributed by atoms with van der Waals surface area (Å²) in [5.41, 5.74) is 7.30. The van der Waals surface area contributed by atoms with E-state index in [0.717, 1.165) is 63.4 Å². The molecular formula is C19H29N3O3. The van der Waals surface area contributed by atoms with Crippen molar-refractivity contribution in [2.75, 3.05) is 38.7 Å². The number of rotatable bonds is 5. The van der Waals surface area contributed by atoms with Crippen LogP contribution in [0.4, 0.5) is 5.69 Å². The van der Waals surface area contributed by atoms with Crippen molar-refractivity contribution in [2.24, 2.45) is 11.7 Å². The number of amides is 1. The normalized spacial score (nSPS) is 21.0. The fourth-order valence-electron chi connectivity index (χ4n) is 3.68. The monoisotopic (exact) mass is 347 g/mol. The second-order valence-corrected chi connectivity index (χ2v) is 6.95. The Hall–Kier alpha value is -1.79. The van der Waals surface area contributed by atoms with Gasteiger partial charge >= 0.3 is 0 Å². The molecule has 2 saturated heterocycles. The number of benzene rings is 1.